The predicted molar refractivity (Wildman–Crippen MR) is 52.6 cm³/mol. The Balaban J connectivity index is 2.38. The van der Waals surface area contributed by atoms with E-state index >= 15 is 0 Å². The van der Waals surface area contributed by atoms with Crippen molar-refractivity contribution in [2.45, 2.75) is 45.2 Å². The summed E-state index contributed by atoms with van der Waals surface area (Å²) in [4.78, 5) is 4.44. The molecule has 2 rings (SSSR count). The molecule has 1 aliphatic heterocycles. The molecule has 0 radical (unpaired) electrons. The van der Waals surface area contributed by atoms with Crippen LogP contribution in [0, 0.1) is 6.92 Å². The molecule has 1 aliphatic rings. The van der Waals surface area contributed by atoms with Crippen LogP contribution in [0.25, 0.3) is 0 Å². The third kappa shape index (κ3) is 1.37. The van der Waals surface area contributed by atoms with E-state index in [0.29, 0.717) is 5.92 Å². The van der Waals surface area contributed by atoms with Crippen molar-refractivity contribution in [3.63, 3.8) is 0 Å². The molecular weight excluding hydrogens is 162 g/mol. The minimum atomic E-state index is 0.223. The van der Waals surface area contributed by atoms with Crippen LogP contribution in [-0.4, -0.2) is 15.6 Å². The van der Waals surface area contributed by atoms with Crippen LogP contribution in [0.2, 0.25) is 0 Å². The third-order valence-electron chi connectivity index (χ3n) is 2.95. The van der Waals surface area contributed by atoms with E-state index in [4.69, 9.17) is 5.73 Å². The normalized spacial score (nSPS) is 24.1. The van der Waals surface area contributed by atoms with Gasteiger partial charge in [-0.2, -0.15) is 0 Å². The van der Waals surface area contributed by atoms with Gasteiger partial charge in [0.05, 0.1) is 0 Å². The second kappa shape index (κ2) is 3.14. The van der Waals surface area contributed by atoms with Gasteiger partial charge in [-0.25, -0.2) is 4.98 Å². The number of rotatable bonds is 1. The average molecular weight is 179 g/mol. The molecular formula is C10H17N3. The van der Waals surface area contributed by atoms with Crippen molar-refractivity contribution >= 4 is 0 Å². The summed E-state index contributed by atoms with van der Waals surface area (Å²) in [5.74, 6) is 1.65. The first-order valence-corrected chi connectivity index (χ1v) is 4.97. The molecule has 0 amide bonds. The van der Waals surface area contributed by atoms with Crippen molar-refractivity contribution in [2.75, 3.05) is 0 Å². The maximum absolute atomic E-state index is 5.94. The van der Waals surface area contributed by atoms with Gasteiger partial charge >= 0.3 is 0 Å². The zero-order chi connectivity index (χ0) is 9.42. The van der Waals surface area contributed by atoms with Crippen LogP contribution in [0.3, 0.4) is 0 Å². The Morgan fingerprint density at radius 1 is 1.69 bits per heavy atom. The zero-order valence-electron chi connectivity index (χ0n) is 8.33. The predicted octanol–water partition coefficient (Wildman–Crippen LogP) is 1.42. The van der Waals surface area contributed by atoms with E-state index in [1.165, 1.54) is 24.4 Å². The molecule has 72 valence electrons. The van der Waals surface area contributed by atoms with E-state index in [-0.39, 0.29) is 6.04 Å². The maximum Gasteiger partial charge on any atom is 0.113 e. The lowest BCUT2D eigenvalue weighted by Gasteiger charge is -2.26. The van der Waals surface area contributed by atoms with Gasteiger partial charge in [0.2, 0.25) is 0 Å². The van der Waals surface area contributed by atoms with Crippen molar-refractivity contribution in [1.82, 2.24) is 9.55 Å². The molecule has 13 heavy (non-hydrogen) atoms. The number of nitrogens with zero attached hydrogens (tertiary/aromatic N) is 2. The van der Waals surface area contributed by atoms with Gasteiger partial charge in [0.25, 0.3) is 0 Å². The number of nitrogens with two attached hydrogens (primary N) is 1. The number of aromatic nitrogens is 2. The third-order valence-corrected chi connectivity index (χ3v) is 2.95. The van der Waals surface area contributed by atoms with Crippen molar-refractivity contribution in [3.05, 3.63) is 17.7 Å². The molecule has 0 saturated carbocycles. The molecule has 0 aliphatic carbocycles. The lowest BCUT2D eigenvalue weighted by molar-refractivity contribution is 0.400. The Hall–Kier alpha value is -0.830. The summed E-state index contributed by atoms with van der Waals surface area (Å²) in [5.41, 5.74) is 7.20. The topological polar surface area (TPSA) is 43.8 Å². The zero-order valence-corrected chi connectivity index (χ0v) is 8.33. The lowest BCUT2D eigenvalue weighted by Crippen LogP contribution is -2.30. The number of aryl methyl sites for hydroxylation is 1. The molecule has 0 bridgehead atoms. The van der Waals surface area contributed by atoms with Gasteiger partial charge in [0.1, 0.15) is 5.82 Å². The summed E-state index contributed by atoms with van der Waals surface area (Å²) in [6, 6.07) is 0.223. The minimum Gasteiger partial charge on any atom is -0.332 e. The van der Waals surface area contributed by atoms with Crippen LogP contribution in [0.1, 0.15) is 37.2 Å². The minimum absolute atomic E-state index is 0.223. The molecule has 0 fully saturated rings. The Labute approximate surface area is 79.0 Å². The first-order valence-electron chi connectivity index (χ1n) is 4.97. The fourth-order valence-electron chi connectivity index (χ4n) is 2.16. The van der Waals surface area contributed by atoms with Crippen LogP contribution in [0.15, 0.2) is 6.20 Å². The molecule has 1 aromatic rings. The summed E-state index contributed by atoms with van der Waals surface area (Å²) < 4.78 is 2.30. The van der Waals surface area contributed by atoms with Gasteiger partial charge in [0.15, 0.2) is 0 Å². The summed E-state index contributed by atoms with van der Waals surface area (Å²) in [6.07, 6.45) is 4.38. The molecule has 2 N–H and O–H groups in total. The van der Waals surface area contributed by atoms with Crippen molar-refractivity contribution in [2.24, 2.45) is 5.73 Å². The standard InChI is InChI=1S/C10H17N3/c1-7-6-12-10-9(8(2)11)4-3-5-13(7)10/h6,8-9H,3-5,11H2,1-2H3. The van der Waals surface area contributed by atoms with Crippen LogP contribution >= 0.6 is 0 Å². The highest BCUT2D eigenvalue weighted by atomic mass is 15.1. The molecule has 2 unspecified atom stereocenters. The largest absolute Gasteiger partial charge is 0.332 e. The Kier molecular flexibility index (Phi) is 2.12. The Morgan fingerprint density at radius 3 is 3.15 bits per heavy atom. The van der Waals surface area contributed by atoms with Crippen molar-refractivity contribution in [3.8, 4) is 0 Å². The van der Waals surface area contributed by atoms with Gasteiger partial charge in [-0.1, -0.05) is 0 Å². The second-order valence-corrected chi connectivity index (χ2v) is 4.02. The monoisotopic (exact) mass is 179 g/mol. The van der Waals surface area contributed by atoms with Gasteiger partial charge < -0.3 is 10.3 Å². The molecule has 0 saturated heterocycles. The fourth-order valence-corrected chi connectivity index (χ4v) is 2.16. The molecule has 2 atom stereocenters. The van der Waals surface area contributed by atoms with Crippen molar-refractivity contribution in [1.29, 1.82) is 0 Å². The Morgan fingerprint density at radius 2 is 2.46 bits per heavy atom. The number of hydrogen-bond donors (Lipinski definition) is 1. The van der Waals surface area contributed by atoms with E-state index in [0.717, 1.165) is 6.54 Å². The van der Waals surface area contributed by atoms with E-state index in [9.17, 15) is 0 Å². The maximum atomic E-state index is 5.94. The summed E-state index contributed by atoms with van der Waals surface area (Å²) in [5, 5.41) is 0. The number of fused-ring (bicyclic) bond motifs is 1. The van der Waals surface area contributed by atoms with Gasteiger partial charge in [-0.05, 0) is 26.7 Å². The number of imidazole rings is 1. The van der Waals surface area contributed by atoms with E-state index in [1.54, 1.807) is 0 Å². The van der Waals surface area contributed by atoms with Crippen LogP contribution in [-0.2, 0) is 6.54 Å². The first kappa shape index (κ1) is 8.75. The summed E-state index contributed by atoms with van der Waals surface area (Å²) >= 11 is 0. The van der Waals surface area contributed by atoms with Crippen LogP contribution in [0.5, 0.6) is 0 Å². The number of hydrogen-bond acceptors (Lipinski definition) is 2. The second-order valence-electron chi connectivity index (χ2n) is 4.02. The van der Waals surface area contributed by atoms with Crippen molar-refractivity contribution < 1.29 is 0 Å². The van der Waals surface area contributed by atoms with Gasteiger partial charge in [-0.3, -0.25) is 0 Å². The SMILES string of the molecule is Cc1cnc2n1CCCC2C(C)N. The van der Waals surface area contributed by atoms with E-state index < -0.39 is 0 Å². The average Bonchev–Trinajstić information content (AvgIpc) is 2.48. The highest BCUT2D eigenvalue weighted by Crippen LogP contribution is 2.28. The molecule has 1 aromatic heterocycles. The van der Waals surface area contributed by atoms with Crippen LogP contribution < -0.4 is 5.73 Å². The van der Waals surface area contributed by atoms with E-state index in [2.05, 4.69) is 23.4 Å². The summed E-state index contributed by atoms with van der Waals surface area (Å²) in [6.45, 7) is 5.30. The van der Waals surface area contributed by atoms with Gasteiger partial charge in [-0.15, -0.1) is 0 Å². The molecule has 0 aromatic carbocycles. The molecule has 3 nitrogen and oxygen atoms in total. The molecule has 0 spiro atoms. The fraction of sp³-hybridized carbons (Fsp3) is 0.700. The smallest absolute Gasteiger partial charge is 0.113 e. The first-order chi connectivity index (χ1) is 6.20. The highest BCUT2D eigenvalue weighted by Gasteiger charge is 2.25. The Bertz CT molecular complexity index is 301. The quantitative estimate of drug-likeness (QED) is 0.708. The summed E-state index contributed by atoms with van der Waals surface area (Å²) in [7, 11) is 0. The van der Waals surface area contributed by atoms with E-state index in [1.807, 2.05) is 6.20 Å². The van der Waals surface area contributed by atoms with Crippen LogP contribution in [0.4, 0.5) is 0 Å². The molecule has 2 heterocycles. The highest BCUT2D eigenvalue weighted by molar-refractivity contribution is 5.11. The molecule has 3 heteroatoms. The van der Waals surface area contributed by atoms with Gasteiger partial charge in [0, 0.05) is 30.4 Å². The lowest BCUT2D eigenvalue weighted by atomic mass is 9.93.